The number of non-ortho nitro benzene ring substituents is 1. The van der Waals surface area contributed by atoms with E-state index in [2.05, 4.69) is 10.3 Å². The van der Waals surface area contributed by atoms with Crippen LogP contribution in [0, 0.1) is 17.0 Å². The lowest BCUT2D eigenvalue weighted by molar-refractivity contribution is -0.384. The van der Waals surface area contributed by atoms with E-state index >= 15 is 0 Å². The van der Waals surface area contributed by atoms with E-state index in [4.69, 9.17) is 9.15 Å². The van der Waals surface area contributed by atoms with E-state index in [-0.39, 0.29) is 17.7 Å². The van der Waals surface area contributed by atoms with Crippen molar-refractivity contribution >= 4 is 17.4 Å². The van der Waals surface area contributed by atoms with Crippen LogP contribution in [0.1, 0.15) is 34.3 Å². The summed E-state index contributed by atoms with van der Waals surface area (Å²) in [7, 11) is 0. The molecule has 0 aliphatic carbocycles. The SMILES string of the molecule is CC(=CC(=O)c1ccc([N+](=O)[O-])cc1)N[C@@H](Cc1ccc(OCCc2nc(-c3ccccc3)oc2C)cc1)C(=O)O. The number of allylic oxidation sites excluding steroid dienone is 2. The highest BCUT2D eigenvalue weighted by Gasteiger charge is 2.19. The van der Waals surface area contributed by atoms with Crippen molar-refractivity contribution in [1.29, 1.82) is 0 Å². The number of nitro benzene ring substituents is 1. The molecule has 10 nitrogen and oxygen atoms in total. The van der Waals surface area contributed by atoms with Crippen molar-refractivity contribution in [2.45, 2.75) is 32.7 Å². The van der Waals surface area contributed by atoms with Gasteiger partial charge >= 0.3 is 5.97 Å². The zero-order valence-electron chi connectivity index (χ0n) is 22.6. The van der Waals surface area contributed by atoms with E-state index in [1.54, 1.807) is 31.2 Å². The molecule has 1 atom stereocenters. The number of benzene rings is 3. The van der Waals surface area contributed by atoms with Crippen molar-refractivity contribution < 1.29 is 28.8 Å². The van der Waals surface area contributed by atoms with Gasteiger partial charge in [-0.25, -0.2) is 9.78 Å². The third-order valence-corrected chi connectivity index (χ3v) is 6.29. The van der Waals surface area contributed by atoms with Crippen molar-refractivity contribution in [3.63, 3.8) is 0 Å². The van der Waals surface area contributed by atoms with Gasteiger partial charge in [-0.3, -0.25) is 14.9 Å². The van der Waals surface area contributed by atoms with Crippen molar-refractivity contribution in [3.05, 3.63) is 123 Å². The molecule has 0 fully saturated rings. The first-order chi connectivity index (χ1) is 19.7. The van der Waals surface area contributed by atoms with Crippen LogP contribution >= 0.6 is 0 Å². The molecule has 0 radical (unpaired) electrons. The summed E-state index contributed by atoms with van der Waals surface area (Å²) in [6.45, 7) is 3.86. The number of nitro groups is 1. The molecular formula is C31H29N3O7. The fourth-order valence-corrected chi connectivity index (χ4v) is 4.13. The molecule has 4 rings (SSSR count). The number of hydrogen-bond acceptors (Lipinski definition) is 8. The van der Waals surface area contributed by atoms with Gasteiger partial charge in [-0.05, 0) is 55.8 Å². The lowest BCUT2D eigenvalue weighted by Crippen LogP contribution is -2.37. The highest BCUT2D eigenvalue weighted by molar-refractivity contribution is 6.05. The molecule has 0 saturated heterocycles. The molecule has 0 unspecified atom stereocenters. The van der Waals surface area contributed by atoms with Crippen LogP contribution in [0.5, 0.6) is 5.75 Å². The van der Waals surface area contributed by atoms with Crippen molar-refractivity contribution in [2.24, 2.45) is 0 Å². The van der Waals surface area contributed by atoms with E-state index in [9.17, 15) is 24.8 Å². The standard InChI is InChI=1S/C31H29N3O7/c1-20(18-29(35)23-10-12-25(13-11-23)34(38)39)32-28(31(36)37)19-22-8-14-26(15-9-22)40-17-16-27-21(2)41-30(33-27)24-6-4-3-5-7-24/h3-15,18,28,32H,16-17,19H2,1-2H3,(H,36,37)/t28-/m0/s1. The van der Waals surface area contributed by atoms with Gasteiger partial charge in [0, 0.05) is 47.9 Å². The molecule has 0 bridgehead atoms. The largest absolute Gasteiger partial charge is 0.493 e. The minimum absolute atomic E-state index is 0.120. The Balaban J connectivity index is 1.30. The number of nitrogens with one attached hydrogen (secondary N) is 1. The normalized spacial score (nSPS) is 12.0. The zero-order valence-corrected chi connectivity index (χ0v) is 22.6. The molecule has 0 spiro atoms. The van der Waals surface area contributed by atoms with Gasteiger partial charge < -0.3 is 19.6 Å². The van der Waals surface area contributed by atoms with Gasteiger partial charge in [0.25, 0.3) is 5.69 Å². The Bertz CT molecular complexity index is 1540. The van der Waals surface area contributed by atoms with Crippen LogP contribution in [0.2, 0.25) is 0 Å². The van der Waals surface area contributed by atoms with Crippen LogP contribution in [0.3, 0.4) is 0 Å². The maximum atomic E-state index is 12.5. The number of carboxylic acids is 1. The predicted molar refractivity (Wildman–Crippen MR) is 152 cm³/mol. The first-order valence-corrected chi connectivity index (χ1v) is 12.9. The summed E-state index contributed by atoms with van der Waals surface area (Å²) in [5.41, 5.74) is 3.01. The molecule has 1 heterocycles. The fraction of sp³-hybridized carbons (Fsp3) is 0.194. The van der Waals surface area contributed by atoms with E-state index in [1.165, 1.54) is 30.3 Å². The number of carbonyl (C=O) groups is 2. The van der Waals surface area contributed by atoms with Gasteiger partial charge in [-0.1, -0.05) is 30.3 Å². The third kappa shape index (κ3) is 7.89. The Morgan fingerprint density at radius 2 is 1.76 bits per heavy atom. The number of ether oxygens (including phenoxy) is 1. The number of ketones is 1. The molecule has 210 valence electrons. The lowest BCUT2D eigenvalue weighted by Gasteiger charge is -2.16. The first kappa shape index (κ1) is 28.8. The number of aliphatic carboxylic acids is 1. The molecule has 10 heteroatoms. The number of hydrogen-bond donors (Lipinski definition) is 2. The van der Waals surface area contributed by atoms with Crippen molar-refractivity contribution in [1.82, 2.24) is 10.3 Å². The maximum absolute atomic E-state index is 12.5. The van der Waals surface area contributed by atoms with Gasteiger partial charge in [0.2, 0.25) is 5.89 Å². The van der Waals surface area contributed by atoms with Crippen molar-refractivity contribution in [2.75, 3.05) is 6.61 Å². The van der Waals surface area contributed by atoms with Crippen LogP contribution in [0.15, 0.2) is 95.1 Å². The van der Waals surface area contributed by atoms with E-state index < -0.39 is 22.7 Å². The average molecular weight is 556 g/mol. The highest BCUT2D eigenvalue weighted by Crippen LogP contribution is 2.22. The molecule has 41 heavy (non-hydrogen) atoms. The minimum Gasteiger partial charge on any atom is -0.493 e. The average Bonchev–Trinajstić information content (AvgIpc) is 3.34. The molecule has 2 N–H and O–H groups in total. The van der Waals surface area contributed by atoms with Gasteiger partial charge in [0.1, 0.15) is 17.6 Å². The van der Waals surface area contributed by atoms with Crippen molar-refractivity contribution in [3.8, 4) is 17.2 Å². The molecule has 0 amide bonds. The zero-order chi connectivity index (χ0) is 29.4. The smallest absolute Gasteiger partial charge is 0.326 e. The highest BCUT2D eigenvalue weighted by atomic mass is 16.6. The summed E-state index contributed by atoms with van der Waals surface area (Å²) in [4.78, 5) is 39.2. The lowest BCUT2D eigenvalue weighted by atomic mass is 10.0. The Labute approximate surface area is 236 Å². The van der Waals surface area contributed by atoms with Gasteiger partial charge in [0.05, 0.1) is 17.2 Å². The van der Waals surface area contributed by atoms with Crippen LogP contribution < -0.4 is 10.1 Å². The Morgan fingerprint density at radius 3 is 2.39 bits per heavy atom. The van der Waals surface area contributed by atoms with Gasteiger partial charge in [-0.2, -0.15) is 0 Å². The fourth-order valence-electron chi connectivity index (χ4n) is 4.13. The Kier molecular flexibility index (Phi) is 9.26. The first-order valence-electron chi connectivity index (χ1n) is 12.9. The third-order valence-electron chi connectivity index (χ3n) is 6.29. The second-order valence-corrected chi connectivity index (χ2v) is 9.37. The minimum atomic E-state index is -1.07. The van der Waals surface area contributed by atoms with Crippen LogP contribution in [-0.4, -0.2) is 39.4 Å². The summed E-state index contributed by atoms with van der Waals surface area (Å²) in [6.07, 6.45) is 2.01. The maximum Gasteiger partial charge on any atom is 0.326 e. The quantitative estimate of drug-likeness (QED) is 0.0938. The number of rotatable bonds is 13. The number of aromatic nitrogens is 1. The van der Waals surface area contributed by atoms with E-state index in [0.29, 0.717) is 30.4 Å². The monoisotopic (exact) mass is 555 g/mol. The van der Waals surface area contributed by atoms with E-state index in [0.717, 1.165) is 22.6 Å². The number of nitrogens with zero attached hydrogens (tertiary/aromatic N) is 2. The molecule has 0 aliphatic heterocycles. The summed E-state index contributed by atoms with van der Waals surface area (Å²) in [5, 5.41) is 23.4. The summed E-state index contributed by atoms with van der Waals surface area (Å²) >= 11 is 0. The van der Waals surface area contributed by atoms with Crippen LogP contribution in [0.25, 0.3) is 11.5 Å². The second-order valence-electron chi connectivity index (χ2n) is 9.37. The number of aryl methyl sites for hydroxylation is 1. The molecule has 4 aromatic rings. The Morgan fingerprint density at radius 1 is 1.07 bits per heavy atom. The summed E-state index contributed by atoms with van der Waals surface area (Å²) in [5.74, 6) is 0.493. The molecule has 3 aromatic carbocycles. The molecular weight excluding hydrogens is 526 g/mol. The van der Waals surface area contributed by atoms with Gasteiger partial charge in [0.15, 0.2) is 5.78 Å². The molecule has 0 saturated carbocycles. The second kappa shape index (κ2) is 13.2. The van der Waals surface area contributed by atoms with Gasteiger partial charge in [-0.15, -0.1) is 0 Å². The molecule has 0 aliphatic rings. The number of carboxylic acid groups (broad SMARTS) is 1. The van der Waals surface area contributed by atoms with E-state index in [1.807, 2.05) is 37.3 Å². The number of oxazole rings is 1. The summed E-state index contributed by atoms with van der Waals surface area (Å²) in [6, 6.07) is 21.1. The summed E-state index contributed by atoms with van der Waals surface area (Å²) < 4.78 is 11.7. The predicted octanol–water partition coefficient (Wildman–Crippen LogP) is 5.55. The Hall–Kier alpha value is -5.25. The van der Waals surface area contributed by atoms with Crippen LogP contribution in [-0.2, 0) is 17.6 Å². The van der Waals surface area contributed by atoms with Crippen LogP contribution in [0.4, 0.5) is 5.69 Å². The number of carbonyl (C=O) groups excluding carboxylic acids is 1. The topological polar surface area (TPSA) is 145 Å². The molecule has 1 aromatic heterocycles.